The standard InChI is InChI=1S/C22H21ClN4O2S/c23-18-5-3-16(4-6-18)22(29)27-11-1-2-17(13-27)21(28)25-12-20-26-19(14-30-20)15-7-9-24-10-8-15/h3-10,14,17H,1-2,11-13H2,(H,25,28). The molecule has 8 heteroatoms. The fourth-order valence-electron chi connectivity index (χ4n) is 3.51. The Morgan fingerprint density at radius 1 is 1.17 bits per heavy atom. The second-order valence-corrected chi connectivity index (χ2v) is 8.56. The van der Waals surface area contributed by atoms with Crippen LogP contribution >= 0.6 is 22.9 Å². The van der Waals surface area contributed by atoms with Gasteiger partial charge in [0.05, 0.1) is 18.2 Å². The molecule has 3 aromatic rings. The summed E-state index contributed by atoms with van der Waals surface area (Å²) in [7, 11) is 0. The maximum absolute atomic E-state index is 12.7. The lowest BCUT2D eigenvalue weighted by atomic mass is 9.96. The zero-order chi connectivity index (χ0) is 20.9. The van der Waals surface area contributed by atoms with Gasteiger partial charge in [-0.1, -0.05) is 11.6 Å². The van der Waals surface area contributed by atoms with Gasteiger partial charge >= 0.3 is 0 Å². The van der Waals surface area contributed by atoms with E-state index in [1.165, 1.54) is 11.3 Å². The molecule has 1 aliphatic heterocycles. The third-order valence-corrected chi connectivity index (χ3v) is 6.21. The summed E-state index contributed by atoms with van der Waals surface area (Å²) in [6.07, 6.45) is 5.05. The average Bonchev–Trinajstić information content (AvgIpc) is 3.27. The van der Waals surface area contributed by atoms with Crippen molar-refractivity contribution in [2.45, 2.75) is 19.4 Å². The summed E-state index contributed by atoms with van der Waals surface area (Å²) in [5.74, 6) is -0.315. The van der Waals surface area contributed by atoms with Crippen LogP contribution in [-0.2, 0) is 11.3 Å². The second-order valence-electron chi connectivity index (χ2n) is 7.18. The van der Waals surface area contributed by atoms with Crippen LogP contribution in [0.1, 0.15) is 28.2 Å². The van der Waals surface area contributed by atoms with Crippen LogP contribution in [0.5, 0.6) is 0 Å². The predicted molar refractivity (Wildman–Crippen MR) is 117 cm³/mol. The Morgan fingerprint density at radius 3 is 2.70 bits per heavy atom. The van der Waals surface area contributed by atoms with Gasteiger partial charge in [-0.25, -0.2) is 4.98 Å². The van der Waals surface area contributed by atoms with E-state index in [0.717, 1.165) is 29.1 Å². The molecule has 1 N–H and O–H groups in total. The largest absolute Gasteiger partial charge is 0.349 e. The van der Waals surface area contributed by atoms with Crippen LogP contribution in [0.4, 0.5) is 0 Å². The fourth-order valence-corrected chi connectivity index (χ4v) is 4.37. The molecule has 0 spiro atoms. The van der Waals surface area contributed by atoms with Gasteiger partial charge in [-0.2, -0.15) is 0 Å². The molecule has 1 fully saturated rings. The van der Waals surface area contributed by atoms with Crippen molar-refractivity contribution < 1.29 is 9.59 Å². The summed E-state index contributed by atoms with van der Waals surface area (Å²) in [6.45, 7) is 1.47. The number of nitrogens with one attached hydrogen (secondary N) is 1. The summed E-state index contributed by atoms with van der Waals surface area (Å²) in [5, 5.41) is 6.40. The molecule has 3 heterocycles. The van der Waals surface area contributed by atoms with Crippen LogP contribution in [0.2, 0.25) is 5.02 Å². The van der Waals surface area contributed by atoms with E-state index in [9.17, 15) is 9.59 Å². The highest BCUT2D eigenvalue weighted by Gasteiger charge is 2.29. The quantitative estimate of drug-likeness (QED) is 0.650. The number of halogens is 1. The Bertz CT molecular complexity index is 1020. The molecular weight excluding hydrogens is 420 g/mol. The number of thiazole rings is 1. The van der Waals surface area contributed by atoms with E-state index in [2.05, 4.69) is 15.3 Å². The summed E-state index contributed by atoms with van der Waals surface area (Å²) in [4.78, 5) is 35.8. The summed E-state index contributed by atoms with van der Waals surface area (Å²) >= 11 is 7.42. The molecule has 1 unspecified atom stereocenters. The molecule has 4 rings (SSSR count). The van der Waals surface area contributed by atoms with Crippen molar-refractivity contribution in [2.24, 2.45) is 5.92 Å². The van der Waals surface area contributed by atoms with Gasteiger partial charge < -0.3 is 10.2 Å². The predicted octanol–water partition coefficient (Wildman–Crippen LogP) is 4.03. The van der Waals surface area contributed by atoms with Gasteiger partial charge in [0, 0.05) is 47.0 Å². The lowest BCUT2D eigenvalue weighted by Gasteiger charge is -2.32. The molecule has 0 radical (unpaired) electrons. The van der Waals surface area contributed by atoms with Crippen molar-refractivity contribution in [3.8, 4) is 11.3 Å². The minimum absolute atomic E-state index is 0.0377. The van der Waals surface area contributed by atoms with Crippen molar-refractivity contribution in [3.05, 3.63) is 69.8 Å². The number of aromatic nitrogens is 2. The molecule has 1 saturated heterocycles. The van der Waals surface area contributed by atoms with E-state index >= 15 is 0 Å². The minimum atomic E-state index is -0.213. The first kappa shape index (κ1) is 20.5. The average molecular weight is 441 g/mol. The van der Waals surface area contributed by atoms with Gasteiger partial charge in [0.25, 0.3) is 5.91 Å². The van der Waals surface area contributed by atoms with E-state index < -0.39 is 0 Å². The smallest absolute Gasteiger partial charge is 0.253 e. The number of likely N-dealkylation sites (tertiary alicyclic amines) is 1. The third-order valence-electron chi connectivity index (χ3n) is 5.11. The normalized spacial score (nSPS) is 16.3. The van der Waals surface area contributed by atoms with Gasteiger partial charge in [-0.05, 0) is 49.2 Å². The topological polar surface area (TPSA) is 75.2 Å². The number of pyridine rings is 1. The van der Waals surface area contributed by atoms with Gasteiger partial charge in [-0.15, -0.1) is 11.3 Å². The lowest BCUT2D eigenvalue weighted by molar-refractivity contribution is -0.126. The lowest BCUT2D eigenvalue weighted by Crippen LogP contribution is -2.45. The molecule has 154 valence electrons. The molecule has 0 saturated carbocycles. The van der Waals surface area contributed by atoms with E-state index in [-0.39, 0.29) is 17.7 Å². The highest BCUT2D eigenvalue weighted by Crippen LogP contribution is 2.22. The van der Waals surface area contributed by atoms with Crippen LogP contribution in [0, 0.1) is 5.92 Å². The first-order valence-electron chi connectivity index (χ1n) is 9.77. The molecule has 1 aromatic carbocycles. The molecule has 0 bridgehead atoms. The number of carbonyl (C=O) groups is 2. The van der Waals surface area contributed by atoms with Crippen LogP contribution < -0.4 is 5.32 Å². The molecule has 1 atom stereocenters. The summed E-state index contributed by atoms with van der Waals surface area (Å²) in [5.41, 5.74) is 2.47. The number of hydrogen-bond donors (Lipinski definition) is 1. The van der Waals surface area contributed by atoms with Crippen LogP contribution in [0.25, 0.3) is 11.3 Å². The third kappa shape index (κ3) is 4.86. The van der Waals surface area contributed by atoms with E-state index in [0.29, 0.717) is 30.2 Å². The maximum atomic E-state index is 12.7. The van der Waals surface area contributed by atoms with Crippen LogP contribution in [-0.4, -0.2) is 39.8 Å². The van der Waals surface area contributed by atoms with Gasteiger partial charge in [0.1, 0.15) is 5.01 Å². The monoisotopic (exact) mass is 440 g/mol. The van der Waals surface area contributed by atoms with Gasteiger partial charge in [0.2, 0.25) is 5.91 Å². The molecule has 2 aromatic heterocycles. The van der Waals surface area contributed by atoms with Crippen molar-refractivity contribution in [1.82, 2.24) is 20.2 Å². The Morgan fingerprint density at radius 2 is 1.93 bits per heavy atom. The molecule has 1 aliphatic rings. The van der Waals surface area contributed by atoms with Crippen LogP contribution in [0.15, 0.2) is 54.2 Å². The van der Waals surface area contributed by atoms with Gasteiger partial charge in [0.15, 0.2) is 0 Å². The van der Waals surface area contributed by atoms with Crippen molar-refractivity contribution in [3.63, 3.8) is 0 Å². The molecular formula is C22H21ClN4O2S. The van der Waals surface area contributed by atoms with Crippen LogP contribution in [0.3, 0.4) is 0 Å². The Hall–Kier alpha value is -2.77. The highest BCUT2D eigenvalue weighted by atomic mass is 35.5. The molecule has 0 aliphatic carbocycles. The number of nitrogens with zero attached hydrogens (tertiary/aromatic N) is 3. The Balaban J connectivity index is 1.33. The SMILES string of the molecule is O=C(NCc1nc(-c2ccncc2)cs1)C1CCCN(C(=O)c2ccc(Cl)cc2)C1. The van der Waals surface area contributed by atoms with Crippen molar-refractivity contribution in [1.29, 1.82) is 0 Å². The van der Waals surface area contributed by atoms with E-state index in [1.54, 1.807) is 41.6 Å². The minimum Gasteiger partial charge on any atom is -0.349 e. The number of hydrogen-bond acceptors (Lipinski definition) is 5. The summed E-state index contributed by atoms with van der Waals surface area (Å²) < 4.78 is 0. The molecule has 2 amide bonds. The second kappa shape index (κ2) is 9.36. The number of amides is 2. The van der Waals surface area contributed by atoms with Crippen molar-refractivity contribution >= 4 is 34.8 Å². The zero-order valence-electron chi connectivity index (χ0n) is 16.3. The van der Waals surface area contributed by atoms with E-state index in [1.807, 2.05) is 17.5 Å². The van der Waals surface area contributed by atoms with Crippen molar-refractivity contribution in [2.75, 3.05) is 13.1 Å². The van der Waals surface area contributed by atoms with Gasteiger partial charge in [-0.3, -0.25) is 14.6 Å². The zero-order valence-corrected chi connectivity index (χ0v) is 17.8. The molecule has 30 heavy (non-hydrogen) atoms. The Kier molecular flexibility index (Phi) is 6.40. The number of benzene rings is 1. The first-order chi connectivity index (χ1) is 14.6. The first-order valence-corrected chi connectivity index (χ1v) is 11.0. The summed E-state index contributed by atoms with van der Waals surface area (Å²) in [6, 6.07) is 10.7. The Labute approximate surface area is 183 Å². The highest BCUT2D eigenvalue weighted by molar-refractivity contribution is 7.09. The maximum Gasteiger partial charge on any atom is 0.253 e. The van der Waals surface area contributed by atoms with E-state index in [4.69, 9.17) is 11.6 Å². The molecule has 6 nitrogen and oxygen atoms in total. The fraction of sp³-hybridized carbons (Fsp3) is 0.273. The number of rotatable bonds is 5. The number of carbonyl (C=O) groups excluding carboxylic acids is 2. The number of piperidine rings is 1.